The van der Waals surface area contributed by atoms with Gasteiger partial charge in [0.25, 0.3) is 0 Å². The number of piperidine rings is 2. The van der Waals surface area contributed by atoms with Crippen molar-refractivity contribution in [1.82, 2.24) is 14.5 Å². The van der Waals surface area contributed by atoms with Gasteiger partial charge in [0.15, 0.2) is 0 Å². The Balaban J connectivity index is 1.63. The maximum Gasteiger partial charge on any atom is 0.243 e. The van der Waals surface area contributed by atoms with Crippen LogP contribution in [0, 0.1) is 12.8 Å². The summed E-state index contributed by atoms with van der Waals surface area (Å²) in [5.41, 5.74) is 1.33. The lowest BCUT2D eigenvalue weighted by Gasteiger charge is -2.36. The van der Waals surface area contributed by atoms with Crippen molar-refractivity contribution in [2.45, 2.75) is 76.7 Å². The smallest absolute Gasteiger partial charge is 0.243 e. The lowest BCUT2D eigenvalue weighted by atomic mass is 9.92. The number of nitrogens with one attached hydrogen (secondary N) is 2. The highest BCUT2D eigenvalue weighted by molar-refractivity contribution is 7.89. The quantitative estimate of drug-likeness (QED) is 0.516. The zero-order valence-electron chi connectivity index (χ0n) is 20.8. The fraction of sp³-hybridized carbons (Fsp3) is 0.680. The first-order chi connectivity index (χ1) is 16.2. The van der Waals surface area contributed by atoms with E-state index in [9.17, 15) is 18.0 Å². The van der Waals surface area contributed by atoms with Gasteiger partial charge in [0.05, 0.1) is 17.4 Å². The number of carbonyl (C=O) groups excluding carboxylic acids is 2. The van der Waals surface area contributed by atoms with Crippen molar-refractivity contribution in [2.75, 3.05) is 38.0 Å². The molecule has 2 heterocycles. The first-order valence-electron chi connectivity index (χ1n) is 12.6. The normalized spacial score (nSPS) is 22.3. The summed E-state index contributed by atoms with van der Waals surface area (Å²) in [4.78, 5) is 27.7. The summed E-state index contributed by atoms with van der Waals surface area (Å²) in [5, 5.41) is 5.92. The molecule has 2 aliphatic rings. The summed E-state index contributed by atoms with van der Waals surface area (Å²) in [6.07, 6.45) is 6.49. The Kier molecular flexibility index (Phi) is 9.50. The van der Waals surface area contributed by atoms with E-state index in [1.54, 1.807) is 18.2 Å². The maximum atomic E-state index is 13.1. The van der Waals surface area contributed by atoms with Crippen molar-refractivity contribution in [1.29, 1.82) is 0 Å². The third-order valence-electron chi connectivity index (χ3n) is 6.99. The van der Waals surface area contributed by atoms with Gasteiger partial charge in [0.1, 0.15) is 0 Å². The number of aryl methyl sites for hydroxylation is 1. The second-order valence-corrected chi connectivity index (χ2v) is 11.6. The van der Waals surface area contributed by atoms with Crippen molar-refractivity contribution in [3.05, 3.63) is 23.8 Å². The van der Waals surface area contributed by atoms with Crippen LogP contribution in [-0.2, 0) is 19.6 Å². The van der Waals surface area contributed by atoms with E-state index < -0.39 is 10.0 Å². The SMILES string of the molecule is CCCCNC(=O)C1CCC(C)N(CC(=O)Nc2cc(S(=O)(=O)N3CCCCC3)ccc2C)C1. The van der Waals surface area contributed by atoms with Crippen molar-refractivity contribution < 1.29 is 18.0 Å². The largest absolute Gasteiger partial charge is 0.356 e. The number of anilines is 1. The molecule has 1 aromatic rings. The predicted molar refractivity (Wildman–Crippen MR) is 134 cm³/mol. The van der Waals surface area contributed by atoms with E-state index in [4.69, 9.17) is 0 Å². The van der Waals surface area contributed by atoms with Gasteiger partial charge in [0, 0.05) is 37.9 Å². The summed E-state index contributed by atoms with van der Waals surface area (Å²) >= 11 is 0. The number of rotatable bonds is 9. The minimum atomic E-state index is -3.57. The molecule has 0 saturated carbocycles. The fourth-order valence-corrected chi connectivity index (χ4v) is 6.21. The lowest BCUT2D eigenvalue weighted by molar-refractivity contribution is -0.128. The van der Waals surface area contributed by atoms with E-state index in [1.807, 2.05) is 11.8 Å². The second-order valence-electron chi connectivity index (χ2n) is 9.69. The van der Waals surface area contributed by atoms with Crippen LogP contribution in [0.25, 0.3) is 0 Å². The Bertz CT molecular complexity index is 960. The molecule has 2 saturated heterocycles. The molecule has 9 heteroatoms. The van der Waals surface area contributed by atoms with Crippen molar-refractivity contribution >= 4 is 27.5 Å². The van der Waals surface area contributed by atoms with Crippen LogP contribution in [-0.4, -0.2) is 68.2 Å². The molecule has 2 fully saturated rings. The highest BCUT2D eigenvalue weighted by atomic mass is 32.2. The van der Waals surface area contributed by atoms with Crippen LogP contribution in [0.5, 0.6) is 0 Å². The first kappa shape index (κ1) is 26.6. The molecule has 0 radical (unpaired) electrons. The third-order valence-corrected chi connectivity index (χ3v) is 8.89. The molecule has 0 aliphatic carbocycles. The van der Waals surface area contributed by atoms with Crippen LogP contribution in [0.15, 0.2) is 23.1 Å². The summed E-state index contributed by atoms with van der Waals surface area (Å²) in [5.74, 6) is -0.243. The summed E-state index contributed by atoms with van der Waals surface area (Å²) < 4.78 is 27.7. The Morgan fingerprint density at radius 2 is 1.85 bits per heavy atom. The monoisotopic (exact) mass is 492 g/mol. The number of benzene rings is 1. The van der Waals surface area contributed by atoms with Gasteiger partial charge in [-0.3, -0.25) is 14.5 Å². The predicted octanol–water partition coefficient (Wildman–Crippen LogP) is 3.12. The van der Waals surface area contributed by atoms with Crippen LogP contribution in [0.2, 0.25) is 0 Å². The maximum absolute atomic E-state index is 13.1. The molecular weight excluding hydrogens is 452 g/mol. The number of carbonyl (C=O) groups is 2. The van der Waals surface area contributed by atoms with E-state index >= 15 is 0 Å². The van der Waals surface area contributed by atoms with E-state index in [-0.39, 0.29) is 35.2 Å². The Morgan fingerprint density at radius 1 is 1.12 bits per heavy atom. The standard InChI is InChI=1S/C25H40N4O4S/c1-4-5-13-26-25(31)21-11-10-20(3)28(17-21)18-24(30)27-23-16-22(12-9-19(23)2)34(32,33)29-14-7-6-8-15-29/h9,12,16,20-21H,4-8,10-11,13-15,17-18H2,1-3H3,(H,26,31)(H,27,30). The minimum absolute atomic E-state index is 0.0669. The number of nitrogens with zero attached hydrogens (tertiary/aromatic N) is 2. The number of sulfonamides is 1. The average Bonchev–Trinajstić information content (AvgIpc) is 2.82. The first-order valence-corrected chi connectivity index (χ1v) is 14.1. The molecule has 2 aliphatic heterocycles. The number of hydrogen-bond acceptors (Lipinski definition) is 5. The number of unbranched alkanes of at least 4 members (excludes halogenated alkanes) is 1. The topological polar surface area (TPSA) is 98.8 Å². The number of amides is 2. The molecule has 3 rings (SSSR count). The Labute approximate surface area is 204 Å². The van der Waals surface area contributed by atoms with Gasteiger partial charge in [0.2, 0.25) is 21.8 Å². The van der Waals surface area contributed by atoms with Crippen LogP contribution in [0.3, 0.4) is 0 Å². The molecule has 8 nitrogen and oxygen atoms in total. The Morgan fingerprint density at radius 3 is 2.56 bits per heavy atom. The molecule has 2 N–H and O–H groups in total. The second kappa shape index (κ2) is 12.1. The zero-order valence-corrected chi connectivity index (χ0v) is 21.6. The lowest BCUT2D eigenvalue weighted by Crippen LogP contribution is -2.49. The van der Waals surface area contributed by atoms with Gasteiger partial charge in [-0.15, -0.1) is 0 Å². The van der Waals surface area contributed by atoms with Crippen LogP contribution in [0.4, 0.5) is 5.69 Å². The van der Waals surface area contributed by atoms with Crippen LogP contribution in [0.1, 0.15) is 64.4 Å². The molecule has 2 amide bonds. The highest BCUT2D eigenvalue weighted by Crippen LogP contribution is 2.26. The summed E-state index contributed by atoms with van der Waals surface area (Å²) in [7, 11) is -3.57. The highest BCUT2D eigenvalue weighted by Gasteiger charge is 2.31. The van der Waals surface area contributed by atoms with Gasteiger partial charge >= 0.3 is 0 Å². The van der Waals surface area contributed by atoms with Gasteiger partial charge in [-0.1, -0.05) is 25.8 Å². The third kappa shape index (κ3) is 6.79. The molecule has 2 unspecified atom stereocenters. The number of hydrogen-bond donors (Lipinski definition) is 2. The van der Waals surface area contributed by atoms with Crippen LogP contribution < -0.4 is 10.6 Å². The van der Waals surface area contributed by atoms with Gasteiger partial charge < -0.3 is 10.6 Å². The summed E-state index contributed by atoms with van der Waals surface area (Å²) in [6.45, 7) is 8.52. The minimum Gasteiger partial charge on any atom is -0.356 e. The molecule has 0 aromatic heterocycles. The van der Waals surface area contributed by atoms with Gasteiger partial charge in [-0.05, 0) is 63.6 Å². The van der Waals surface area contributed by atoms with Crippen LogP contribution >= 0.6 is 0 Å². The molecule has 0 spiro atoms. The van der Waals surface area contributed by atoms with E-state index in [0.717, 1.165) is 50.5 Å². The molecule has 0 bridgehead atoms. The van der Waals surface area contributed by atoms with Gasteiger partial charge in [-0.25, -0.2) is 8.42 Å². The van der Waals surface area contributed by atoms with Crippen molar-refractivity contribution in [3.8, 4) is 0 Å². The molecule has 34 heavy (non-hydrogen) atoms. The van der Waals surface area contributed by atoms with E-state index in [0.29, 0.717) is 31.9 Å². The van der Waals surface area contributed by atoms with Crippen molar-refractivity contribution in [2.24, 2.45) is 5.92 Å². The van der Waals surface area contributed by atoms with E-state index in [1.165, 1.54) is 4.31 Å². The Hall–Kier alpha value is -1.97. The molecule has 190 valence electrons. The van der Waals surface area contributed by atoms with Gasteiger partial charge in [-0.2, -0.15) is 4.31 Å². The fourth-order valence-electron chi connectivity index (χ4n) is 4.67. The zero-order chi connectivity index (χ0) is 24.7. The number of likely N-dealkylation sites (tertiary alicyclic amines) is 1. The summed E-state index contributed by atoms with van der Waals surface area (Å²) in [6, 6.07) is 5.13. The van der Waals surface area contributed by atoms with E-state index in [2.05, 4.69) is 24.5 Å². The molecular formula is C25H40N4O4S. The van der Waals surface area contributed by atoms with Crippen molar-refractivity contribution in [3.63, 3.8) is 0 Å². The molecule has 2 atom stereocenters. The molecule has 1 aromatic carbocycles. The average molecular weight is 493 g/mol.